The van der Waals surface area contributed by atoms with Gasteiger partial charge in [0.15, 0.2) is 0 Å². The average Bonchev–Trinajstić information content (AvgIpc) is 3.27. The summed E-state index contributed by atoms with van der Waals surface area (Å²) in [6.45, 7) is 6.54. The van der Waals surface area contributed by atoms with E-state index in [1.165, 1.54) is 11.1 Å². The third kappa shape index (κ3) is 23.9. The quantitative estimate of drug-likeness (QED) is 0.146. The number of benzene rings is 7. The zero-order chi connectivity index (χ0) is 40.8. The molecule has 0 fully saturated rings. The zero-order valence-corrected chi connectivity index (χ0v) is 40.5. The molecule has 0 aromatic heterocycles. The Morgan fingerprint density at radius 2 is 0.746 bits per heavy atom. The van der Waals surface area contributed by atoms with Crippen LogP contribution in [-0.2, 0) is 19.5 Å². The fourth-order valence-electron chi connectivity index (χ4n) is 4.79. The van der Waals surface area contributed by atoms with Crippen LogP contribution in [0.4, 0.5) is 0 Å². The Hall–Kier alpha value is -4.20. The predicted molar refractivity (Wildman–Crippen MR) is 248 cm³/mol. The molecule has 0 spiro atoms. The number of halogens is 2. The van der Waals surface area contributed by atoms with Crippen molar-refractivity contribution in [3.8, 4) is 34.1 Å². The van der Waals surface area contributed by atoms with Crippen molar-refractivity contribution in [1.29, 1.82) is 0 Å². The van der Waals surface area contributed by atoms with E-state index in [4.69, 9.17) is 18.9 Å². The van der Waals surface area contributed by atoms with Crippen molar-refractivity contribution in [1.82, 2.24) is 0 Å². The summed E-state index contributed by atoms with van der Waals surface area (Å²) >= 11 is 0. The third-order valence-corrected chi connectivity index (χ3v) is 8.70. The van der Waals surface area contributed by atoms with Crippen LogP contribution in [0.15, 0.2) is 194 Å². The van der Waals surface area contributed by atoms with Crippen LogP contribution in [0, 0.1) is 6.92 Å². The summed E-state index contributed by atoms with van der Waals surface area (Å²) in [5.41, 5.74) is 4.63. The van der Waals surface area contributed by atoms with Gasteiger partial charge in [-0.05, 0) is 35.8 Å². The summed E-state index contributed by atoms with van der Waals surface area (Å²) in [7, 11) is 11.9. The van der Waals surface area contributed by atoms with E-state index < -0.39 is 0 Å². The van der Waals surface area contributed by atoms with Crippen molar-refractivity contribution >= 4 is 29.1 Å². The molecule has 0 aliphatic carbocycles. The molecule has 2 unspecified atom stereocenters. The second-order valence-electron chi connectivity index (χ2n) is 12.3. The van der Waals surface area contributed by atoms with Crippen LogP contribution in [-0.4, -0.2) is 28.4 Å². The van der Waals surface area contributed by atoms with Crippen LogP contribution < -0.4 is 54.4 Å². The fraction of sp³-hybridized carbons (Fsp3) is 0.160. The first-order valence-electron chi connectivity index (χ1n) is 18.4. The molecule has 7 aromatic carbocycles. The summed E-state index contributed by atoms with van der Waals surface area (Å²) in [5.74, 6) is 3.58. The first kappa shape index (κ1) is 56.9. The number of hydrogen-bond acceptors (Lipinski definition) is 4. The van der Waals surface area contributed by atoms with Crippen LogP contribution in [0.1, 0.15) is 30.9 Å². The van der Waals surface area contributed by atoms with Crippen LogP contribution >= 0.6 is 18.5 Å². The van der Waals surface area contributed by atoms with Crippen molar-refractivity contribution in [3.05, 3.63) is 205 Å². The number of methoxy groups -OCH3 is 4. The first-order chi connectivity index (χ1) is 27.2. The second kappa shape index (κ2) is 35.7. The normalized spacial score (nSPS) is 8.85. The molecule has 0 saturated heterocycles. The van der Waals surface area contributed by atoms with Gasteiger partial charge in [-0.1, -0.05) is 189 Å². The summed E-state index contributed by atoms with van der Waals surface area (Å²) in [6, 6.07) is 64.4. The van der Waals surface area contributed by atoms with E-state index in [2.05, 4.69) is 63.5 Å². The fourth-order valence-corrected chi connectivity index (χ4v) is 5.62. The van der Waals surface area contributed by atoms with Crippen molar-refractivity contribution in [2.24, 2.45) is 0 Å². The number of ether oxygens (including phenoxy) is 4. The van der Waals surface area contributed by atoms with Crippen LogP contribution in [0.3, 0.4) is 0 Å². The van der Waals surface area contributed by atoms with Gasteiger partial charge < -0.3 is 43.8 Å². The van der Waals surface area contributed by atoms with Gasteiger partial charge in [0, 0.05) is 28.6 Å². The molecule has 7 rings (SSSR count). The Bertz CT molecular complexity index is 1760. The SMILES string of the molecule is COc1cc(P)c(-c2cc(P)c(OC)cc2OC)c(OC)c1.Cc1ccc(C(C)C)cc1.[Cl-].[Cl-].[Ru+3].c1ccccc1.c1ccccc1.c1ccccc1.c1ccccc1. The third-order valence-electron chi connectivity index (χ3n) is 7.79. The monoisotopic (exact) mass is 956 g/mol. The van der Waals surface area contributed by atoms with Gasteiger partial charge in [0.1, 0.15) is 23.0 Å². The van der Waals surface area contributed by atoms with E-state index in [0.29, 0.717) is 5.92 Å². The first-order valence-corrected chi connectivity index (χ1v) is 19.5. The Labute approximate surface area is 384 Å². The molecular formula is C50H58Cl2O4P2Ru+. The van der Waals surface area contributed by atoms with Gasteiger partial charge in [0.05, 0.1) is 28.4 Å². The Morgan fingerprint density at radius 3 is 1.03 bits per heavy atom. The maximum absolute atomic E-state index is 5.53. The molecule has 0 bridgehead atoms. The molecule has 4 nitrogen and oxygen atoms in total. The standard InChI is InChI=1S/C16H20O4P2.C10H14.4C6H6.2ClH.Ru/c1-17-9-5-13(20-4)16(15(22)6-9)10-7-14(21)12(19-3)8-11(10)18-2;1-8(2)10-6-4-9(3)5-7-10;4*1-2-4-6-5-3-1;;;/h5-8H,21-22H2,1-4H3;4-8H,1-3H3;4*1-6H;2*1H;/q;;;;;;;;+3/p-2. The number of aryl methyl sites for hydroxylation is 1. The average molecular weight is 957 g/mol. The zero-order valence-electron chi connectivity index (χ0n) is 34.9. The van der Waals surface area contributed by atoms with Gasteiger partial charge in [-0.3, -0.25) is 0 Å². The summed E-state index contributed by atoms with van der Waals surface area (Å²) in [5, 5.41) is 1.91. The van der Waals surface area contributed by atoms with Crippen molar-refractivity contribution in [2.75, 3.05) is 28.4 Å². The predicted octanol–water partition coefficient (Wildman–Crippen LogP) is 6.26. The molecule has 0 N–H and O–H groups in total. The molecule has 0 aliphatic rings. The second-order valence-corrected chi connectivity index (χ2v) is 13.5. The largest absolute Gasteiger partial charge is 3.00 e. The van der Waals surface area contributed by atoms with Crippen molar-refractivity contribution < 1.29 is 63.2 Å². The number of hydrogen-bond donors (Lipinski definition) is 0. The van der Waals surface area contributed by atoms with Crippen molar-refractivity contribution in [2.45, 2.75) is 26.7 Å². The van der Waals surface area contributed by atoms with Gasteiger partial charge in [-0.25, -0.2) is 0 Å². The van der Waals surface area contributed by atoms with Crippen LogP contribution in [0.2, 0.25) is 0 Å². The molecule has 0 aliphatic heterocycles. The molecule has 0 heterocycles. The molecule has 2 atom stereocenters. The maximum Gasteiger partial charge on any atom is 3.00 e. The summed E-state index contributed by atoms with van der Waals surface area (Å²) < 4.78 is 21.7. The molecule has 9 heteroatoms. The van der Waals surface area contributed by atoms with Crippen LogP contribution in [0.5, 0.6) is 23.0 Å². The topological polar surface area (TPSA) is 36.9 Å². The van der Waals surface area contributed by atoms with Crippen molar-refractivity contribution in [3.63, 3.8) is 0 Å². The minimum atomic E-state index is 0. The van der Waals surface area contributed by atoms with E-state index in [1.54, 1.807) is 28.4 Å². The Kier molecular flexibility index (Phi) is 34.4. The Balaban J connectivity index is 0. The molecule has 7 aromatic rings. The smallest absolute Gasteiger partial charge is 1.00 e. The minimum absolute atomic E-state index is 0. The maximum atomic E-state index is 5.53. The molecule has 0 saturated carbocycles. The van der Waals surface area contributed by atoms with Gasteiger partial charge >= 0.3 is 19.5 Å². The molecular weight excluding hydrogens is 898 g/mol. The summed E-state index contributed by atoms with van der Waals surface area (Å²) in [6.07, 6.45) is 0. The van der Waals surface area contributed by atoms with E-state index >= 15 is 0 Å². The van der Waals surface area contributed by atoms with Crippen LogP contribution in [0.25, 0.3) is 11.1 Å². The molecule has 1 radical (unpaired) electrons. The minimum Gasteiger partial charge on any atom is -1.00 e. The number of rotatable bonds is 6. The molecule has 59 heavy (non-hydrogen) atoms. The van der Waals surface area contributed by atoms with Gasteiger partial charge in [0.25, 0.3) is 0 Å². The van der Waals surface area contributed by atoms with Gasteiger partial charge in [-0.2, -0.15) is 0 Å². The van der Waals surface area contributed by atoms with Gasteiger partial charge in [-0.15, -0.1) is 18.5 Å². The molecule has 0 amide bonds. The van der Waals surface area contributed by atoms with Gasteiger partial charge in [0.2, 0.25) is 0 Å². The van der Waals surface area contributed by atoms with E-state index in [-0.39, 0.29) is 44.3 Å². The summed E-state index contributed by atoms with van der Waals surface area (Å²) in [4.78, 5) is 0. The van der Waals surface area contributed by atoms with E-state index in [1.807, 2.05) is 170 Å². The Morgan fingerprint density at radius 1 is 0.407 bits per heavy atom. The molecule has 313 valence electrons. The van der Waals surface area contributed by atoms with E-state index in [0.717, 1.165) is 44.7 Å². The van der Waals surface area contributed by atoms with E-state index in [9.17, 15) is 0 Å².